The molecule has 3 rings (SSSR count). The van der Waals surface area contributed by atoms with Gasteiger partial charge < -0.3 is 14.6 Å². The molecule has 0 radical (unpaired) electrons. The minimum atomic E-state index is -0.513. The third-order valence-electron chi connectivity index (χ3n) is 4.09. The van der Waals surface area contributed by atoms with Crippen LogP contribution in [0, 0.1) is 0 Å². The number of esters is 1. The van der Waals surface area contributed by atoms with Crippen molar-refractivity contribution in [3.8, 4) is 0 Å². The number of hydrogen-bond acceptors (Lipinski definition) is 4. The van der Waals surface area contributed by atoms with Gasteiger partial charge in [0.1, 0.15) is 5.56 Å². The number of ether oxygens (including phenoxy) is 1. The quantitative estimate of drug-likeness (QED) is 0.613. The number of nitrogens with one attached hydrogen (secondary N) is 1. The summed E-state index contributed by atoms with van der Waals surface area (Å²) in [6, 6.07) is 17.0. The van der Waals surface area contributed by atoms with Crippen LogP contribution >= 0.6 is 15.9 Å². The number of carbonyl (C=O) groups excluding carboxylic acids is 2. The van der Waals surface area contributed by atoms with Crippen molar-refractivity contribution in [1.29, 1.82) is 0 Å². The maximum Gasteiger partial charge on any atom is 0.337 e. The van der Waals surface area contributed by atoms with Crippen LogP contribution in [0.4, 0.5) is 5.69 Å². The third kappa shape index (κ3) is 4.55. The van der Waals surface area contributed by atoms with Crippen molar-refractivity contribution in [3.63, 3.8) is 0 Å². The summed E-state index contributed by atoms with van der Waals surface area (Å²) in [5, 5.41) is 2.67. The molecule has 3 aromatic rings. The van der Waals surface area contributed by atoms with Gasteiger partial charge in [-0.1, -0.05) is 28.1 Å². The fourth-order valence-corrected chi connectivity index (χ4v) is 2.89. The van der Waals surface area contributed by atoms with E-state index in [0.717, 1.165) is 10.0 Å². The number of pyridine rings is 1. The van der Waals surface area contributed by atoms with Crippen LogP contribution in [0.3, 0.4) is 0 Å². The van der Waals surface area contributed by atoms with Crippen molar-refractivity contribution in [3.05, 3.63) is 98.4 Å². The minimum absolute atomic E-state index is 0.0386. The molecule has 0 aliphatic carbocycles. The molecule has 1 amide bonds. The first-order chi connectivity index (χ1) is 13.5. The fraction of sp³-hybridized carbons (Fsp3) is 0.0952. The Balaban J connectivity index is 1.77. The highest BCUT2D eigenvalue weighted by molar-refractivity contribution is 9.10. The SMILES string of the molecule is COC(=O)c1ccc(NC(=O)c2cccn(Cc3ccc(Br)cc3)c2=O)cc1. The van der Waals surface area contributed by atoms with E-state index in [1.807, 2.05) is 24.3 Å². The molecule has 0 spiro atoms. The van der Waals surface area contributed by atoms with Crippen molar-refractivity contribution in [2.24, 2.45) is 0 Å². The smallest absolute Gasteiger partial charge is 0.337 e. The van der Waals surface area contributed by atoms with Crippen molar-refractivity contribution in [2.75, 3.05) is 12.4 Å². The number of methoxy groups -OCH3 is 1. The highest BCUT2D eigenvalue weighted by Crippen LogP contribution is 2.13. The Morgan fingerprint density at radius 3 is 2.36 bits per heavy atom. The first-order valence-electron chi connectivity index (χ1n) is 8.41. The summed E-state index contributed by atoms with van der Waals surface area (Å²) >= 11 is 3.38. The van der Waals surface area contributed by atoms with Crippen LogP contribution in [0.5, 0.6) is 0 Å². The van der Waals surface area contributed by atoms with Gasteiger partial charge in [-0.2, -0.15) is 0 Å². The Kier molecular flexibility index (Phi) is 6.06. The maximum absolute atomic E-state index is 12.7. The van der Waals surface area contributed by atoms with E-state index >= 15 is 0 Å². The van der Waals surface area contributed by atoms with Gasteiger partial charge in [-0.05, 0) is 54.1 Å². The van der Waals surface area contributed by atoms with E-state index in [1.54, 1.807) is 24.4 Å². The zero-order chi connectivity index (χ0) is 20.1. The van der Waals surface area contributed by atoms with Crippen molar-refractivity contribution in [2.45, 2.75) is 6.54 Å². The Labute approximate surface area is 169 Å². The average Bonchev–Trinajstić information content (AvgIpc) is 2.71. The lowest BCUT2D eigenvalue weighted by molar-refractivity contribution is 0.0600. The molecule has 28 heavy (non-hydrogen) atoms. The van der Waals surface area contributed by atoms with Crippen molar-refractivity contribution < 1.29 is 14.3 Å². The van der Waals surface area contributed by atoms with Crippen LogP contribution in [0.15, 0.2) is 76.1 Å². The van der Waals surface area contributed by atoms with E-state index in [2.05, 4.69) is 26.0 Å². The molecule has 2 aromatic carbocycles. The number of aromatic nitrogens is 1. The van der Waals surface area contributed by atoms with Gasteiger partial charge in [-0.3, -0.25) is 9.59 Å². The second-order valence-electron chi connectivity index (χ2n) is 6.00. The Morgan fingerprint density at radius 1 is 1.04 bits per heavy atom. The minimum Gasteiger partial charge on any atom is -0.465 e. The number of halogens is 1. The van der Waals surface area contributed by atoms with Crippen molar-refractivity contribution >= 4 is 33.5 Å². The molecular formula is C21H17BrN2O4. The van der Waals surface area contributed by atoms with Gasteiger partial charge in [0.15, 0.2) is 0 Å². The Bertz CT molecular complexity index is 1060. The van der Waals surface area contributed by atoms with E-state index in [-0.39, 0.29) is 11.1 Å². The number of carbonyl (C=O) groups is 2. The molecule has 142 valence electrons. The molecule has 0 atom stereocenters. The zero-order valence-electron chi connectivity index (χ0n) is 15.0. The summed E-state index contributed by atoms with van der Waals surface area (Å²) in [6.45, 7) is 0.362. The topological polar surface area (TPSA) is 77.4 Å². The van der Waals surface area contributed by atoms with Gasteiger partial charge in [0, 0.05) is 16.4 Å². The Hall–Kier alpha value is -3.19. The number of hydrogen-bond donors (Lipinski definition) is 1. The lowest BCUT2D eigenvalue weighted by Gasteiger charge is -2.09. The van der Waals surface area contributed by atoms with Crippen LogP contribution < -0.4 is 10.9 Å². The first kappa shape index (κ1) is 19.6. The molecular weight excluding hydrogens is 424 g/mol. The number of nitrogens with zero attached hydrogens (tertiary/aromatic N) is 1. The van der Waals surface area contributed by atoms with Crippen LogP contribution in [0.25, 0.3) is 0 Å². The predicted molar refractivity (Wildman–Crippen MR) is 110 cm³/mol. The standard InChI is InChI=1S/C21H17BrN2O4/c1-28-21(27)15-6-10-17(11-7-15)23-19(25)18-3-2-12-24(20(18)26)13-14-4-8-16(22)9-5-14/h2-12H,13H2,1H3,(H,23,25). The summed E-state index contributed by atoms with van der Waals surface area (Å²) < 4.78 is 7.08. The molecule has 0 fully saturated rings. The molecule has 1 heterocycles. The van der Waals surface area contributed by atoms with Gasteiger partial charge in [-0.25, -0.2) is 4.79 Å². The lowest BCUT2D eigenvalue weighted by Crippen LogP contribution is -2.29. The van der Waals surface area contributed by atoms with Crippen molar-refractivity contribution in [1.82, 2.24) is 4.57 Å². The van der Waals surface area contributed by atoms with E-state index < -0.39 is 11.9 Å². The summed E-state index contributed by atoms with van der Waals surface area (Å²) in [5.74, 6) is -0.974. The second kappa shape index (κ2) is 8.67. The van der Waals surface area contributed by atoms with Gasteiger partial charge in [0.2, 0.25) is 0 Å². The zero-order valence-corrected chi connectivity index (χ0v) is 16.6. The number of rotatable bonds is 5. The average molecular weight is 441 g/mol. The molecule has 1 N–H and O–H groups in total. The molecule has 0 unspecified atom stereocenters. The van der Waals surface area contributed by atoms with Gasteiger partial charge in [0.05, 0.1) is 19.2 Å². The van der Waals surface area contributed by atoms with Gasteiger partial charge in [0.25, 0.3) is 11.5 Å². The van der Waals surface area contributed by atoms with Crippen LogP contribution in [0.2, 0.25) is 0 Å². The first-order valence-corrected chi connectivity index (χ1v) is 9.21. The molecule has 0 saturated heterocycles. The number of benzene rings is 2. The number of amides is 1. The molecule has 0 aliphatic rings. The molecule has 0 aliphatic heterocycles. The van der Waals surface area contributed by atoms with Gasteiger partial charge >= 0.3 is 5.97 Å². The largest absolute Gasteiger partial charge is 0.465 e. The van der Waals surface area contributed by atoms with Crippen LogP contribution in [-0.2, 0) is 11.3 Å². The Morgan fingerprint density at radius 2 is 1.71 bits per heavy atom. The van der Waals surface area contributed by atoms with Crippen LogP contribution in [-0.4, -0.2) is 23.6 Å². The predicted octanol–water partition coefficient (Wildman–Crippen LogP) is 3.70. The molecule has 1 aromatic heterocycles. The van der Waals surface area contributed by atoms with E-state index in [9.17, 15) is 14.4 Å². The molecule has 7 heteroatoms. The van der Waals surface area contributed by atoms with E-state index in [4.69, 9.17) is 0 Å². The normalized spacial score (nSPS) is 10.4. The highest BCUT2D eigenvalue weighted by Gasteiger charge is 2.13. The summed E-state index contributed by atoms with van der Waals surface area (Å²) in [4.78, 5) is 36.7. The van der Waals surface area contributed by atoms with Crippen LogP contribution in [0.1, 0.15) is 26.3 Å². The highest BCUT2D eigenvalue weighted by atomic mass is 79.9. The monoisotopic (exact) mass is 440 g/mol. The van der Waals surface area contributed by atoms with E-state index in [1.165, 1.54) is 29.9 Å². The summed E-state index contributed by atoms with van der Waals surface area (Å²) in [7, 11) is 1.30. The molecule has 0 bridgehead atoms. The molecule has 0 saturated carbocycles. The van der Waals surface area contributed by atoms with E-state index in [0.29, 0.717) is 17.8 Å². The lowest BCUT2D eigenvalue weighted by atomic mass is 10.2. The summed E-state index contributed by atoms with van der Waals surface area (Å²) in [5.41, 5.74) is 1.45. The van der Waals surface area contributed by atoms with Gasteiger partial charge in [-0.15, -0.1) is 0 Å². The number of anilines is 1. The third-order valence-corrected chi connectivity index (χ3v) is 4.62. The molecule has 6 nitrogen and oxygen atoms in total. The fourth-order valence-electron chi connectivity index (χ4n) is 2.63. The maximum atomic E-state index is 12.7. The second-order valence-corrected chi connectivity index (χ2v) is 6.92. The summed E-state index contributed by atoms with van der Waals surface area (Å²) in [6.07, 6.45) is 1.65.